The van der Waals surface area contributed by atoms with E-state index in [1.807, 2.05) is 0 Å². The number of rotatable bonds is 1. The van der Waals surface area contributed by atoms with Crippen LogP contribution in [0.2, 0.25) is 0 Å². The third-order valence-corrected chi connectivity index (χ3v) is 1.14. The van der Waals surface area contributed by atoms with Gasteiger partial charge in [0.2, 0.25) is 0 Å². The molecule has 0 aromatic heterocycles. The smallest absolute Gasteiger partial charge is 0.183 e. The summed E-state index contributed by atoms with van der Waals surface area (Å²) in [5.74, 6) is 0. The van der Waals surface area contributed by atoms with Crippen molar-refractivity contribution < 1.29 is 22.0 Å². The standard InChI is InChI=1S/C4HCl2F5/c5-1-2(3(6,7)8)4(9,10)11/h1H. The van der Waals surface area contributed by atoms with Crippen molar-refractivity contribution in [1.29, 1.82) is 0 Å². The lowest BCUT2D eigenvalue weighted by Crippen LogP contribution is -2.24. The Hall–Kier alpha value is -0.0300. The fourth-order valence-corrected chi connectivity index (χ4v) is 0.763. The van der Waals surface area contributed by atoms with Crippen molar-refractivity contribution in [3.8, 4) is 0 Å². The number of hydrogen-bond acceptors (Lipinski definition) is 0. The molecule has 0 fully saturated rings. The molecule has 0 aromatic rings. The van der Waals surface area contributed by atoms with Crippen LogP contribution < -0.4 is 0 Å². The van der Waals surface area contributed by atoms with Crippen molar-refractivity contribution in [3.05, 3.63) is 11.1 Å². The quantitative estimate of drug-likeness (QED) is 0.463. The fourth-order valence-electron chi connectivity index (χ4n) is 0.284. The van der Waals surface area contributed by atoms with Gasteiger partial charge in [-0.05, 0) is 11.6 Å². The molecule has 0 saturated carbocycles. The molecule has 11 heavy (non-hydrogen) atoms. The van der Waals surface area contributed by atoms with Gasteiger partial charge < -0.3 is 0 Å². The molecule has 0 amide bonds. The van der Waals surface area contributed by atoms with Gasteiger partial charge in [-0.25, -0.2) is 0 Å². The van der Waals surface area contributed by atoms with Crippen molar-refractivity contribution in [2.45, 2.75) is 11.6 Å². The van der Waals surface area contributed by atoms with Gasteiger partial charge in [-0.1, -0.05) is 11.6 Å². The van der Waals surface area contributed by atoms with Crippen molar-refractivity contribution in [1.82, 2.24) is 0 Å². The first-order valence-corrected chi connectivity index (χ1v) is 2.96. The van der Waals surface area contributed by atoms with E-state index in [0.29, 0.717) is 0 Å². The van der Waals surface area contributed by atoms with Crippen LogP contribution in [-0.4, -0.2) is 11.6 Å². The number of halogens is 7. The molecule has 66 valence electrons. The summed E-state index contributed by atoms with van der Waals surface area (Å²) in [6.07, 6.45) is -5.20. The summed E-state index contributed by atoms with van der Waals surface area (Å²) >= 11 is 8.57. The number of allylic oxidation sites excluding steroid dienone is 1. The van der Waals surface area contributed by atoms with E-state index in [9.17, 15) is 22.0 Å². The highest BCUT2D eigenvalue weighted by Gasteiger charge is 2.48. The van der Waals surface area contributed by atoms with Crippen molar-refractivity contribution in [2.75, 3.05) is 0 Å². The van der Waals surface area contributed by atoms with Gasteiger partial charge >= 0.3 is 11.6 Å². The first-order chi connectivity index (χ1) is 4.69. The van der Waals surface area contributed by atoms with E-state index < -0.39 is 17.1 Å². The lowest BCUT2D eigenvalue weighted by molar-refractivity contribution is -0.114. The van der Waals surface area contributed by atoms with Gasteiger partial charge in [0.25, 0.3) is 0 Å². The SMILES string of the molecule is FC(F)(F)C(=CCl)C(F)(F)Cl. The number of hydrogen-bond donors (Lipinski definition) is 0. The van der Waals surface area contributed by atoms with Gasteiger partial charge in [-0.3, -0.25) is 0 Å². The van der Waals surface area contributed by atoms with Crippen molar-refractivity contribution in [2.24, 2.45) is 0 Å². The second-order valence-corrected chi connectivity index (χ2v) is 2.21. The van der Waals surface area contributed by atoms with Gasteiger partial charge in [-0.15, -0.1) is 0 Å². The summed E-state index contributed by atoms with van der Waals surface area (Å²) in [4.78, 5) is 0. The maximum absolute atomic E-state index is 11.8. The lowest BCUT2D eigenvalue weighted by Gasteiger charge is -2.14. The Morgan fingerprint density at radius 3 is 1.45 bits per heavy atom. The molecule has 7 heteroatoms. The maximum Gasteiger partial charge on any atom is 0.420 e. The lowest BCUT2D eigenvalue weighted by atomic mass is 10.3. The van der Waals surface area contributed by atoms with E-state index >= 15 is 0 Å². The summed E-state index contributed by atoms with van der Waals surface area (Å²) < 4.78 is 58.0. The molecule has 0 radical (unpaired) electrons. The van der Waals surface area contributed by atoms with Gasteiger partial charge in [0.15, 0.2) is 0 Å². The van der Waals surface area contributed by atoms with Gasteiger partial charge in [0.1, 0.15) is 5.57 Å². The zero-order valence-corrected chi connectivity index (χ0v) is 6.23. The summed E-state index contributed by atoms with van der Waals surface area (Å²) in [6.45, 7) is 0. The highest BCUT2D eigenvalue weighted by Crippen LogP contribution is 2.40. The minimum absolute atomic E-state index is 0.285. The third-order valence-electron chi connectivity index (χ3n) is 0.720. The third kappa shape index (κ3) is 3.25. The van der Waals surface area contributed by atoms with E-state index in [2.05, 4.69) is 23.2 Å². The van der Waals surface area contributed by atoms with Crippen LogP contribution in [0.1, 0.15) is 0 Å². The van der Waals surface area contributed by atoms with Gasteiger partial charge in [-0.2, -0.15) is 22.0 Å². The molecule has 0 aliphatic rings. The first kappa shape index (κ1) is 11.0. The Balaban J connectivity index is 4.74. The normalized spacial score (nSPS) is 15.4. The highest BCUT2D eigenvalue weighted by molar-refractivity contribution is 6.28. The van der Waals surface area contributed by atoms with E-state index in [0.717, 1.165) is 0 Å². The molecule has 0 rings (SSSR count). The zero-order valence-electron chi connectivity index (χ0n) is 4.72. The topological polar surface area (TPSA) is 0 Å². The van der Waals surface area contributed by atoms with E-state index in [1.54, 1.807) is 0 Å². The fraction of sp³-hybridized carbons (Fsp3) is 0.500. The molecule has 0 atom stereocenters. The van der Waals surface area contributed by atoms with Crippen molar-refractivity contribution >= 4 is 23.2 Å². The molecule has 0 nitrogen and oxygen atoms in total. The molecule has 0 aliphatic heterocycles. The Kier molecular flexibility index (Phi) is 3.14. The minimum Gasteiger partial charge on any atom is -0.183 e. The molecule has 0 unspecified atom stereocenters. The van der Waals surface area contributed by atoms with Gasteiger partial charge in [0, 0.05) is 5.54 Å². The number of alkyl halides is 6. The Morgan fingerprint density at radius 2 is 1.45 bits per heavy atom. The van der Waals surface area contributed by atoms with Crippen LogP contribution in [0.5, 0.6) is 0 Å². The molecule has 0 aromatic carbocycles. The molecular weight excluding hydrogens is 214 g/mol. The summed E-state index contributed by atoms with van der Waals surface area (Å²) in [6, 6.07) is 0. The van der Waals surface area contributed by atoms with E-state index in [1.165, 1.54) is 0 Å². The Morgan fingerprint density at radius 1 is 1.09 bits per heavy atom. The molecule has 0 bridgehead atoms. The van der Waals surface area contributed by atoms with E-state index in [4.69, 9.17) is 0 Å². The average molecular weight is 215 g/mol. The summed E-state index contributed by atoms with van der Waals surface area (Å²) in [5, 5.41) is -4.47. The molecular formula is C4HCl2F5. The summed E-state index contributed by atoms with van der Waals surface area (Å²) in [7, 11) is 0. The molecule has 0 N–H and O–H groups in total. The van der Waals surface area contributed by atoms with Crippen LogP contribution in [0.3, 0.4) is 0 Å². The van der Waals surface area contributed by atoms with E-state index in [-0.39, 0.29) is 5.54 Å². The van der Waals surface area contributed by atoms with Crippen LogP contribution in [0, 0.1) is 0 Å². The minimum atomic E-state index is -5.20. The molecule has 0 spiro atoms. The predicted octanol–water partition coefficient (Wildman–Crippen LogP) is 3.50. The van der Waals surface area contributed by atoms with Gasteiger partial charge in [0.05, 0.1) is 0 Å². The Bertz CT molecular complexity index is 148. The second kappa shape index (κ2) is 3.15. The molecule has 0 aliphatic carbocycles. The maximum atomic E-state index is 11.8. The average Bonchev–Trinajstić information content (AvgIpc) is 1.56. The first-order valence-electron chi connectivity index (χ1n) is 2.14. The Labute approximate surface area is 68.6 Å². The predicted molar refractivity (Wildman–Crippen MR) is 30.8 cm³/mol. The zero-order chi connectivity index (χ0) is 9.28. The van der Waals surface area contributed by atoms with Crippen LogP contribution in [0.25, 0.3) is 0 Å². The second-order valence-electron chi connectivity index (χ2n) is 1.52. The monoisotopic (exact) mass is 214 g/mol. The van der Waals surface area contributed by atoms with Crippen LogP contribution in [0.15, 0.2) is 11.1 Å². The molecule has 0 saturated heterocycles. The van der Waals surface area contributed by atoms with Crippen LogP contribution >= 0.6 is 23.2 Å². The molecule has 0 heterocycles. The van der Waals surface area contributed by atoms with Crippen LogP contribution in [0.4, 0.5) is 22.0 Å². The summed E-state index contributed by atoms with van der Waals surface area (Å²) in [5.41, 5.74) is -2.55. The van der Waals surface area contributed by atoms with Crippen LogP contribution in [-0.2, 0) is 0 Å². The largest absolute Gasteiger partial charge is 0.420 e. The van der Waals surface area contributed by atoms with Crippen molar-refractivity contribution in [3.63, 3.8) is 0 Å². The highest BCUT2D eigenvalue weighted by atomic mass is 35.5.